The number of rotatable bonds is 4. The van der Waals surface area contributed by atoms with E-state index in [0.717, 1.165) is 5.92 Å². The van der Waals surface area contributed by atoms with E-state index in [9.17, 15) is 0 Å². The van der Waals surface area contributed by atoms with Crippen molar-refractivity contribution < 1.29 is 0 Å². The molecule has 2 aliphatic heterocycles. The van der Waals surface area contributed by atoms with Crippen LogP contribution < -0.4 is 5.73 Å². The van der Waals surface area contributed by atoms with Gasteiger partial charge >= 0.3 is 0 Å². The maximum absolute atomic E-state index is 6.03. The molecule has 100 valence electrons. The molecule has 0 aliphatic carbocycles. The molecule has 2 fully saturated rings. The first kappa shape index (κ1) is 13.3. The van der Waals surface area contributed by atoms with Gasteiger partial charge in [0.25, 0.3) is 0 Å². The maximum Gasteiger partial charge on any atom is 0.0109 e. The second-order valence-electron chi connectivity index (χ2n) is 5.96. The van der Waals surface area contributed by atoms with E-state index >= 15 is 0 Å². The Morgan fingerprint density at radius 2 is 1.65 bits per heavy atom. The molecule has 0 saturated carbocycles. The van der Waals surface area contributed by atoms with E-state index < -0.39 is 0 Å². The second kappa shape index (κ2) is 6.72. The molecule has 0 radical (unpaired) electrons. The van der Waals surface area contributed by atoms with Gasteiger partial charge in [0.05, 0.1) is 0 Å². The van der Waals surface area contributed by atoms with Crippen LogP contribution in [0.1, 0.15) is 39.0 Å². The molecule has 0 aromatic rings. The van der Waals surface area contributed by atoms with Crippen molar-refractivity contribution in [1.82, 2.24) is 9.80 Å². The summed E-state index contributed by atoms with van der Waals surface area (Å²) < 4.78 is 0. The van der Waals surface area contributed by atoms with Gasteiger partial charge in [-0.3, -0.25) is 0 Å². The first-order chi connectivity index (χ1) is 8.25. The summed E-state index contributed by atoms with van der Waals surface area (Å²) in [4.78, 5) is 5.27. The number of piperidine rings is 2. The lowest BCUT2D eigenvalue weighted by Crippen LogP contribution is -2.45. The first-order valence-electron chi connectivity index (χ1n) is 7.46. The van der Waals surface area contributed by atoms with Gasteiger partial charge in [-0.15, -0.1) is 0 Å². The molecule has 17 heavy (non-hydrogen) atoms. The number of nitrogens with zero attached hydrogens (tertiary/aromatic N) is 2. The van der Waals surface area contributed by atoms with Crippen molar-refractivity contribution in [2.75, 3.05) is 39.3 Å². The molecule has 2 saturated heterocycles. The summed E-state index contributed by atoms with van der Waals surface area (Å²) in [6.07, 6.45) is 6.92. The molecule has 2 heterocycles. The molecule has 0 aromatic carbocycles. The zero-order chi connectivity index (χ0) is 12.1. The highest BCUT2D eigenvalue weighted by atomic mass is 15.2. The van der Waals surface area contributed by atoms with Crippen LogP contribution in [-0.2, 0) is 0 Å². The molecule has 0 bridgehead atoms. The van der Waals surface area contributed by atoms with Crippen molar-refractivity contribution in [3.63, 3.8) is 0 Å². The Morgan fingerprint density at radius 3 is 2.35 bits per heavy atom. The van der Waals surface area contributed by atoms with Gasteiger partial charge in [0, 0.05) is 25.7 Å². The van der Waals surface area contributed by atoms with Crippen molar-refractivity contribution in [3.8, 4) is 0 Å². The third-order valence-corrected chi connectivity index (χ3v) is 4.47. The molecule has 2 N–H and O–H groups in total. The normalized spacial score (nSPS) is 30.4. The number of nitrogens with two attached hydrogens (primary N) is 1. The molecule has 0 spiro atoms. The van der Waals surface area contributed by atoms with Gasteiger partial charge in [-0.1, -0.05) is 6.42 Å². The van der Waals surface area contributed by atoms with Gasteiger partial charge in [-0.05, 0) is 58.2 Å². The van der Waals surface area contributed by atoms with Crippen molar-refractivity contribution >= 4 is 0 Å². The van der Waals surface area contributed by atoms with E-state index in [4.69, 9.17) is 5.73 Å². The van der Waals surface area contributed by atoms with Crippen molar-refractivity contribution in [2.45, 2.75) is 45.1 Å². The van der Waals surface area contributed by atoms with E-state index in [1.807, 2.05) is 0 Å². The lowest BCUT2D eigenvalue weighted by Gasteiger charge is -2.36. The average Bonchev–Trinajstić information content (AvgIpc) is 2.38. The summed E-state index contributed by atoms with van der Waals surface area (Å²) in [5.74, 6) is 0.727. The fourth-order valence-corrected chi connectivity index (χ4v) is 3.19. The molecular weight excluding hydrogens is 210 g/mol. The minimum atomic E-state index is 0.368. The van der Waals surface area contributed by atoms with Crippen LogP contribution in [0.3, 0.4) is 0 Å². The van der Waals surface area contributed by atoms with Crippen LogP contribution in [0.5, 0.6) is 0 Å². The van der Waals surface area contributed by atoms with Crippen LogP contribution in [0.15, 0.2) is 0 Å². The van der Waals surface area contributed by atoms with Crippen LogP contribution in [0.4, 0.5) is 0 Å². The predicted molar refractivity (Wildman–Crippen MR) is 73.1 cm³/mol. The lowest BCUT2D eigenvalue weighted by atomic mass is 9.92. The fraction of sp³-hybridized carbons (Fsp3) is 1.00. The number of hydrogen-bond donors (Lipinski definition) is 1. The number of likely N-dealkylation sites (tertiary alicyclic amines) is 2. The van der Waals surface area contributed by atoms with E-state index in [1.165, 1.54) is 71.4 Å². The largest absolute Gasteiger partial charge is 0.328 e. The third-order valence-electron chi connectivity index (χ3n) is 4.47. The van der Waals surface area contributed by atoms with E-state index in [1.54, 1.807) is 0 Å². The monoisotopic (exact) mass is 239 g/mol. The Kier molecular flexibility index (Phi) is 5.26. The van der Waals surface area contributed by atoms with Crippen LogP contribution in [-0.4, -0.2) is 55.1 Å². The standard InChI is InChI=1S/C14H29N3/c1-13(15)14-6-5-9-17(12-14)11-10-16-7-3-2-4-8-16/h13-14H,2-12,15H2,1H3. The van der Waals surface area contributed by atoms with E-state index in [0.29, 0.717) is 6.04 Å². The highest BCUT2D eigenvalue weighted by Crippen LogP contribution is 2.18. The molecular formula is C14H29N3. The van der Waals surface area contributed by atoms with Gasteiger partial charge in [-0.2, -0.15) is 0 Å². The summed E-state index contributed by atoms with van der Waals surface area (Å²) in [5.41, 5.74) is 6.03. The lowest BCUT2D eigenvalue weighted by molar-refractivity contribution is 0.131. The van der Waals surface area contributed by atoms with E-state index in [2.05, 4.69) is 16.7 Å². The summed E-state index contributed by atoms with van der Waals surface area (Å²) in [7, 11) is 0. The summed E-state index contributed by atoms with van der Waals surface area (Å²) in [6, 6.07) is 0.368. The Morgan fingerprint density at radius 1 is 1.00 bits per heavy atom. The zero-order valence-electron chi connectivity index (χ0n) is 11.4. The molecule has 2 rings (SSSR count). The van der Waals surface area contributed by atoms with Crippen LogP contribution in [0, 0.1) is 5.92 Å². The molecule has 3 nitrogen and oxygen atoms in total. The van der Waals surface area contributed by atoms with Crippen molar-refractivity contribution in [2.24, 2.45) is 11.7 Å². The SMILES string of the molecule is CC(N)C1CCCN(CCN2CCCCC2)C1. The Hall–Kier alpha value is -0.120. The predicted octanol–water partition coefficient (Wildman–Crippen LogP) is 1.53. The van der Waals surface area contributed by atoms with Crippen LogP contribution in [0.2, 0.25) is 0 Å². The molecule has 3 heteroatoms. The summed E-state index contributed by atoms with van der Waals surface area (Å²) in [6.45, 7) is 9.85. The zero-order valence-corrected chi connectivity index (χ0v) is 11.4. The molecule has 2 atom stereocenters. The third kappa shape index (κ3) is 4.23. The maximum atomic E-state index is 6.03. The van der Waals surface area contributed by atoms with Crippen molar-refractivity contribution in [1.29, 1.82) is 0 Å². The minimum Gasteiger partial charge on any atom is -0.328 e. The second-order valence-corrected chi connectivity index (χ2v) is 5.96. The number of hydrogen-bond acceptors (Lipinski definition) is 3. The molecule has 2 aliphatic rings. The van der Waals surface area contributed by atoms with Crippen LogP contribution in [0.25, 0.3) is 0 Å². The van der Waals surface area contributed by atoms with Gasteiger partial charge in [0.2, 0.25) is 0 Å². The fourth-order valence-electron chi connectivity index (χ4n) is 3.19. The minimum absolute atomic E-state index is 0.368. The summed E-state index contributed by atoms with van der Waals surface area (Å²) in [5, 5.41) is 0. The Labute approximate surface area is 106 Å². The van der Waals surface area contributed by atoms with Gasteiger partial charge in [0.1, 0.15) is 0 Å². The van der Waals surface area contributed by atoms with Crippen LogP contribution >= 0.6 is 0 Å². The van der Waals surface area contributed by atoms with Crippen molar-refractivity contribution in [3.05, 3.63) is 0 Å². The first-order valence-corrected chi connectivity index (χ1v) is 7.46. The highest BCUT2D eigenvalue weighted by molar-refractivity contribution is 4.79. The van der Waals surface area contributed by atoms with Gasteiger partial charge in [0.15, 0.2) is 0 Å². The Bertz CT molecular complexity index is 212. The molecule has 2 unspecified atom stereocenters. The summed E-state index contributed by atoms with van der Waals surface area (Å²) >= 11 is 0. The topological polar surface area (TPSA) is 32.5 Å². The highest BCUT2D eigenvalue weighted by Gasteiger charge is 2.22. The molecule has 0 amide bonds. The Balaban J connectivity index is 1.67. The van der Waals surface area contributed by atoms with E-state index in [-0.39, 0.29) is 0 Å². The molecule has 0 aromatic heterocycles. The average molecular weight is 239 g/mol. The van der Waals surface area contributed by atoms with Gasteiger partial charge in [-0.25, -0.2) is 0 Å². The van der Waals surface area contributed by atoms with Gasteiger partial charge < -0.3 is 15.5 Å². The quantitative estimate of drug-likeness (QED) is 0.807. The smallest absolute Gasteiger partial charge is 0.0109 e.